The first-order valence-corrected chi connectivity index (χ1v) is 9.01. The van der Waals surface area contributed by atoms with Crippen molar-refractivity contribution in [2.24, 2.45) is 0 Å². The molecule has 0 N–H and O–H groups in total. The van der Waals surface area contributed by atoms with Crippen LogP contribution in [0.4, 0.5) is 0 Å². The summed E-state index contributed by atoms with van der Waals surface area (Å²) in [4.78, 5) is 12.6. The first kappa shape index (κ1) is 20.4. The molecule has 0 saturated heterocycles. The van der Waals surface area contributed by atoms with Gasteiger partial charge in [0.25, 0.3) is 0 Å². The van der Waals surface area contributed by atoms with Gasteiger partial charge in [-0.25, -0.2) is 9.36 Å². The summed E-state index contributed by atoms with van der Waals surface area (Å²) in [5.74, 6) is 0. The summed E-state index contributed by atoms with van der Waals surface area (Å²) >= 11 is 0. The van der Waals surface area contributed by atoms with Crippen molar-refractivity contribution < 1.29 is 4.57 Å². The number of halogens is 1. The van der Waals surface area contributed by atoms with Crippen LogP contribution in [-0.2, 0) is 18.5 Å². The van der Waals surface area contributed by atoms with Crippen LogP contribution in [0, 0.1) is 0 Å². The van der Waals surface area contributed by atoms with Crippen molar-refractivity contribution >= 4 is 27.9 Å². The van der Waals surface area contributed by atoms with Crippen molar-refractivity contribution in [2.75, 3.05) is 0 Å². The van der Waals surface area contributed by atoms with Gasteiger partial charge in [0.15, 0.2) is 0 Å². The van der Waals surface area contributed by atoms with Crippen molar-refractivity contribution in [3.63, 3.8) is 0 Å². The molecule has 0 radical (unpaired) electrons. The van der Waals surface area contributed by atoms with Crippen LogP contribution in [0.25, 0.3) is 10.9 Å². The summed E-state index contributed by atoms with van der Waals surface area (Å²) in [6.45, 7) is 10.3. The predicted molar refractivity (Wildman–Crippen MR) is 113 cm³/mol. The zero-order valence-electron chi connectivity index (χ0n) is 16.0. The molecule has 0 aliphatic heterocycles. The summed E-state index contributed by atoms with van der Waals surface area (Å²) in [6, 6.07) is 16.7. The van der Waals surface area contributed by atoms with Gasteiger partial charge < -0.3 is 0 Å². The van der Waals surface area contributed by atoms with E-state index in [0.29, 0.717) is 0 Å². The molecule has 3 nitrogen and oxygen atoms in total. The summed E-state index contributed by atoms with van der Waals surface area (Å²) in [6.07, 6.45) is 2.91. The zero-order chi connectivity index (χ0) is 18.0. The molecule has 0 bridgehead atoms. The SMILES string of the molecule is Br.CCCn1c[n+](Cc2ccc(C(C)(C)C)cc2)c2ccccc2c1=O. The molecule has 3 rings (SSSR count). The molecule has 0 unspecified atom stereocenters. The van der Waals surface area contributed by atoms with Crippen LogP contribution in [0.15, 0.2) is 59.7 Å². The van der Waals surface area contributed by atoms with E-state index in [1.807, 2.05) is 35.2 Å². The highest BCUT2D eigenvalue weighted by Gasteiger charge is 2.16. The maximum absolute atomic E-state index is 12.6. The number of aryl methyl sites for hydroxylation is 1. The minimum Gasteiger partial charge on any atom is -0.241 e. The molecular formula is C22H28BrN2O+. The molecular weight excluding hydrogens is 388 g/mol. The number of aromatic nitrogens is 2. The number of benzene rings is 2. The van der Waals surface area contributed by atoms with Crippen molar-refractivity contribution in [3.8, 4) is 0 Å². The van der Waals surface area contributed by atoms with Crippen LogP contribution in [0.3, 0.4) is 0 Å². The van der Waals surface area contributed by atoms with E-state index in [1.165, 1.54) is 11.1 Å². The van der Waals surface area contributed by atoms with E-state index in [9.17, 15) is 4.79 Å². The average Bonchev–Trinajstić information content (AvgIpc) is 2.59. The Labute approximate surface area is 166 Å². The molecule has 26 heavy (non-hydrogen) atoms. The van der Waals surface area contributed by atoms with E-state index in [-0.39, 0.29) is 28.0 Å². The third-order valence-electron chi connectivity index (χ3n) is 4.62. The second kappa shape index (κ2) is 8.17. The number of fused-ring (bicyclic) bond motifs is 1. The van der Waals surface area contributed by atoms with Gasteiger partial charge in [-0.2, -0.15) is 4.57 Å². The molecule has 0 amide bonds. The van der Waals surface area contributed by atoms with Crippen LogP contribution >= 0.6 is 17.0 Å². The molecule has 3 aromatic rings. The molecule has 1 heterocycles. The van der Waals surface area contributed by atoms with Gasteiger partial charge in [-0.05, 0) is 35.1 Å². The van der Waals surface area contributed by atoms with Gasteiger partial charge >= 0.3 is 5.56 Å². The minimum atomic E-state index is 0. The summed E-state index contributed by atoms with van der Waals surface area (Å²) in [5.41, 5.74) is 3.82. The van der Waals surface area contributed by atoms with Crippen LogP contribution in [-0.4, -0.2) is 4.57 Å². The summed E-state index contributed by atoms with van der Waals surface area (Å²) < 4.78 is 4.00. The van der Waals surface area contributed by atoms with Crippen LogP contribution in [0.2, 0.25) is 0 Å². The minimum absolute atomic E-state index is 0. The van der Waals surface area contributed by atoms with E-state index in [4.69, 9.17) is 0 Å². The van der Waals surface area contributed by atoms with Gasteiger partial charge in [0, 0.05) is 0 Å². The van der Waals surface area contributed by atoms with Crippen LogP contribution in [0.1, 0.15) is 45.2 Å². The lowest BCUT2D eigenvalue weighted by Crippen LogP contribution is -2.41. The Morgan fingerprint density at radius 3 is 2.27 bits per heavy atom. The Morgan fingerprint density at radius 1 is 1.00 bits per heavy atom. The second-order valence-electron chi connectivity index (χ2n) is 7.71. The largest absolute Gasteiger partial charge is 0.345 e. The van der Waals surface area contributed by atoms with Gasteiger partial charge in [-0.15, -0.1) is 17.0 Å². The maximum Gasteiger partial charge on any atom is 0.345 e. The van der Waals surface area contributed by atoms with Crippen molar-refractivity contribution in [1.29, 1.82) is 0 Å². The number of hydrogen-bond acceptors (Lipinski definition) is 1. The van der Waals surface area contributed by atoms with Crippen LogP contribution < -0.4 is 10.1 Å². The molecule has 0 aliphatic rings. The first-order valence-electron chi connectivity index (χ1n) is 9.01. The summed E-state index contributed by atoms with van der Waals surface area (Å²) in [7, 11) is 0. The van der Waals surface area contributed by atoms with Gasteiger partial charge in [-0.1, -0.05) is 64.1 Å². The van der Waals surface area contributed by atoms with Crippen LogP contribution in [0.5, 0.6) is 0 Å². The van der Waals surface area contributed by atoms with E-state index < -0.39 is 0 Å². The fourth-order valence-corrected chi connectivity index (χ4v) is 3.18. The quantitative estimate of drug-likeness (QED) is 0.570. The Kier molecular flexibility index (Phi) is 6.40. The third kappa shape index (κ3) is 4.24. The lowest BCUT2D eigenvalue weighted by molar-refractivity contribution is -0.667. The molecule has 2 aromatic carbocycles. The summed E-state index contributed by atoms with van der Waals surface area (Å²) in [5, 5.41) is 0.782. The monoisotopic (exact) mass is 415 g/mol. The number of hydrogen-bond donors (Lipinski definition) is 0. The molecule has 0 aliphatic carbocycles. The van der Waals surface area contributed by atoms with Crippen molar-refractivity contribution in [2.45, 2.75) is 52.6 Å². The Hall–Kier alpha value is -1.94. The number of para-hydroxylation sites is 1. The topological polar surface area (TPSA) is 25.9 Å². The highest BCUT2D eigenvalue weighted by molar-refractivity contribution is 8.93. The zero-order valence-corrected chi connectivity index (χ0v) is 17.7. The van der Waals surface area contributed by atoms with E-state index >= 15 is 0 Å². The van der Waals surface area contributed by atoms with E-state index in [1.54, 1.807) is 0 Å². The smallest absolute Gasteiger partial charge is 0.241 e. The highest BCUT2D eigenvalue weighted by Crippen LogP contribution is 2.22. The molecule has 0 atom stereocenters. The standard InChI is InChI=1S/C22H27N2O.BrH/c1-5-14-23-16-24(20-9-7-6-8-19(20)21(23)25)15-17-10-12-18(13-11-17)22(2,3)4;/h6-13,16H,5,14-15H2,1-4H3;1H/q+1;. The average molecular weight is 416 g/mol. The predicted octanol–water partition coefficient (Wildman–Crippen LogP) is 4.62. The first-order chi connectivity index (χ1) is 11.9. The maximum atomic E-state index is 12.6. The Bertz CT molecular complexity index is 937. The third-order valence-corrected chi connectivity index (χ3v) is 4.62. The second-order valence-corrected chi connectivity index (χ2v) is 7.71. The van der Waals surface area contributed by atoms with Gasteiger partial charge in [0.05, 0.1) is 6.54 Å². The highest BCUT2D eigenvalue weighted by atomic mass is 79.9. The van der Waals surface area contributed by atoms with Crippen molar-refractivity contribution in [3.05, 3.63) is 76.3 Å². The number of nitrogens with zero attached hydrogens (tertiary/aromatic N) is 2. The Balaban J connectivity index is 0.00000243. The molecule has 1 aromatic heterocycles. The molecule has 4 heteroatoms. The lowest BCUT2D eigenvalue weighted by Gasteiger charge is -2.19. The normalized spacial score (nSPS) is 11.4. The number of rotatable bonds is 4. The van der Waals surface area contributed by atoms with Gasteiger partial charge in [-0.3, -0.25) is 0 Å². The van der Waals surface area contributed by atoms with E-state index in [0.717, 1.165) is 30.4 Å². The molecule has 138 valence electrons. The van der Waals surface area contributed by atoms with Gasteiger partial charge in [0.1, 0.15) is 17.4 Å². The fraction of sp³-hybridized carbons (Fsp3) is 0.364. The Morgan fingerprint density at radius 2 is 1.65 bits per heavy atom. The fourth-order valence-electron chi connectivity index (χ4n) is 3.18. The lowest BCUT2D eigenvalue weighted by atomic mass is 9.87. The van der Waals surface area contributed by atoms with Crippen molar-refractivity contribution in [1.82, 2.24) is 4.57 Å². The molecule has 0 spiro atoms. The molecule has 0 saturated carbocycles. The molecule has 0 fully saturated rings. The van der Waals surface area contributed by atoms with Gasteiger partial charge in [0.2, 0.25) is 6.33 Å². The van der Waals surface area contributed by atoms with E-state index in [2.05, 4.69) is 56.5 Å².